The molecule has 0 saturated heterocycles. The van der Waals surface area contributed by atoms with Gasteiger partial charge in [-0.05, 0) is 52.0 Å². The van der Waals surface area contributed by atoms with Crippen molar-refractivity contribution in [1.29, 1.82) is 0 Å². The summed E-state index contributed by atoms with van der Waals surface area (Å²) in [5, 5.41) is 16.5. The van der Waals surface area contributed by atoms with Crippen LogP contribution in [0.25, 0.3) is 22.6 Å². The van der Waals surface area contributed by atoms with E-state index in [0.717, 1.165) is 56.0 Å². The van der Waals surface area contributed by atoms with Crippen molar-refractivity contribution in [2.75, 3.05) is 0 Å². The molecule has 0 fully saturated rings. The molecular formula is C46H40N8O4Pd2. The van der Waals surface area contributed by atoms with Gasteiger partial charge in [-0.1, -0.05) is 81.4 Å². The SMILES string of the molecule is Cc1cc(-c2[c-]c(Oc3nc(Oc4ccccn4)c(C)cc3C)c(C)cc2C)[n-]n1.Cc1cc(-c2cccc(Oc3[c-]c(Oc4ccccn4)c(C)cc3C)n2)[n-]n1.[Pd+2].[Pd+2]. The summed E-state index contributed by atoms with van der Waals surface area (Å²) in [5.74, 6) is 4.06. The maximum atomic E-state index is 6.18. The standard InChI is InChI=1S/C24H22N4O2.C22H18N4O2.2Pd/c1-14-10-15(2)21(13-19(14)20-12-18(5)27-28-20)29-23-16(3)11-17(4)24(26-23)30-22-8-6-7-9-25-22;1-14-11-15(2)20(13-19(14)27-21-8-4-5-10-23-21)28-22-9-6-7-17(24-22)18-12-16(3)25-26-18;;/h6-12H,1-5H3;4-12H,1-3H3;;/q2*-2;2*+2. The van der Waals surface area contributed by atoms with Crippen molar-refractivity contribution in [2.45, 2.75) is 55.4 Å². The molecule has 0 radical (unpaired) electrons. The van der Waals surface area contributed by atoms with Gasteiger partial charge in [0.2, 0.25) is 29.4 Å². The second kappa shape index (κ2) is 20.3. The van der Waals surface area contributed by atoms with E-state index in [9.17, 15) is 0 Å². The van der Waals surface area contributed by atoms with Crippen LogP contribution in [0.2, 0.25) is 0 Å². The molecule has 0 unspecified atom stereocenters. The molecule has 6 aromatic heterocycles. The van der Waals surface area contributed by atoms with Crippen molar-refractivity contribution in [3.05, 3.63) is 154 Å². The van der Waals surface area contributed by atoms with Crippen molar-refractivity contribution < 1.29 is 59.8 Å². The molecule has 0 saturated carbocycles. The molecule has 2 aromatic carbocycles. The Kier molecular flexibility index (Phi) is 15.3. The number of ether oxygens (including phenoxy) is 4. The van der Waals surface area contributed by atoms with Gasteiger partial charge in [0.15, 0.2) is 0 Å². The van der Waals surface area contributed by atoms with E-state index in [-0.39, 0.29) is 40.8 Å². The molecule has 0 aliphatic heterocycles. The topological polar surface area (TPSA) is 142 Å². The van der Waals surface area contributed by atoms with Crippen molar-refractivity contribution in [1.82, 2.24) is 40.3 Å². The first-order valence-corrected chi connectivity index (χ1v) is 18.5. The summed E-state index contributed by atoms with van der Waals surface area (Å²) in [6.07, 6.45) is 3.36. The summed E-state index contributed by atoms with van der Waals surface area (Å²) < 4.78 is 23.9. The van der Waals surface area contributed by atoms with Gasteiger partial charge in [-0.15, -0.1) is 22.8 Å². The first-order chi connectivity index (χ1) is 28.0. The summed E-state index contributed by atoms with van der Waals surface area (Å²) in [6, 6.07) is 32.9. The van der Waals surface area contributed by atoms with Gasteiger partial charge in [0.05, 0.1) is 11.4 Å². The fraction of sp³-hybridized carbons (Fsp3) is 0.174. The molecule has 0 N–H and O–H groups in total. The summed E-state index contributed by atoms with van der Waals surface area (Å²) in [6.45, 7) is 15.6. The molecule has 0 spiro atoms. The maximum Gasteiger partial charge on any atom is 2.00 e. The van der Waals surface area contributed by atoms with Gasteiger partial charge in [-0.3, -0.25) is 0 Å². The molecule has 0 aliphatic rings. The number of nitrogens with zero attached hydrogens (tertiary/aromatic N) is 8. The Balaban J connectivity index is 0.000000221. The van der Waals surface area contributed by atoms with Gasteiger partial charge in [-0.25, -0.2) is 20.6 Å². The quantitative estimate of drug-likeness (QED) is 0.0951. The molecule has 308 valence electrons. The minimum absolute atomic E-state index is 0. The second-order valence-corrected chi connectivity index (χ2v) is 13.7. The van der Waals surface area contributed by atoms with Crippen LogP contribution in [0.5, 0.6) is 46.6 Å². The van der Waals surface area contributed by atoms with E-state index in [0.29, 0.717) is 58.0 Å². The minimum atomic E-state index is 0. The molecule has 60 heavy (non-hydrogen) atoms. The summed E-state index contributed by atoms with van der Waals surface area (Å²) in [5.41, 5.74) is 10.5. The average Bonchev–Trinajstić information content (AvgIpc) is 3.85. The van der Waals surface area contributed by atoms with E-state index in [4.69, 9.17) is 18.9 Å². The Morgan fingerprint density at radius 2 is 0.950 bits per heavy atom. The minimum Gasteiger partial charge on any atom is -0.619 e. The van der Waals surface area contributed by atoms with Crippen LogP contribution in [0.4, 0.5) is 0 Å². The number of rotatable bonds is 10. The normalized spacial score (nSPS) is 10.4. The molecule has 8 aromatic rings. The van der Waals surface area contributed by atoms with Crippen LogP contribution in [0.1, 0.15) is 44.8 Å². The smallest absolute Gasteiger partial charge is 0.619 e. The van der Waals surface area contributed by atoms with Crippen LogP contribution in [0.3, 0.4) is 0 Å². The molecule has 14 heteroatoms. The van der Waals surface area contributed by atoms with E-state index < -0.39 is 0 Å². The zero-order chi connectivity index (χ0) is 40.8. The van der Waals surface area contributed by atoms with Gasteiger partial charge in [0.1, 0.15) is 0 Å². The first kappa shape index (κ1) is 45.1. The van der Waals surface area contributed by atoms with Gasteiger partial charge < -0.3 is 39.3 Å². The molecule has 6 heterocycles. The third-order valence-electron chi connectivity index (χ3n) is 8.76. The Labute approximate surface area is 376 Å². The molecule has 0 amide bonds. The van der Waals surface area contributed by atoms with Crippen LogP contribution in [-0.4, -0.2) is 30.1 Å². The molecule has 0 atom stereocenters. The van der Waals surface area contributed by atoms with Crippen LogP contribution in [-0.2, 0) is 40.8 Å². The third-order valence-corrected chi connectivity index (χ3v) is 8.76. The Morgan fingerprint density at radius 3 is 1.52 bits per heavy atom. The van der Waals surface area contributed by atoms with Crippen molar-refractivity contribution in [3.8, 4) is 69.3 Å². The third kappa shape index (κ3) is 11.2. The number of aryl methyl sites for hydroxylation is 8. The maximum absolute atomic E-state index is 6.18. The Morgan fingerprint density at radius 1 is 0.450 bits per heavy atom. The largest absolute Gasteiger partial charge is 2.00 e. The van der Waals surface area contributed by atoms with Crippen LogP contribution < -0.4 is 29.1 Å². The zero-order valence-electron chi connectivity index (χ0n) is 34.1. The molecular weight excluding hydrogens is 941 g/mol. The van der Waals surface area contributed by atoms with E-state index in [2.05, 4.69) is 58.5 Å². The molecule has 8 rings (SSSR count). The van der Waals surface area contributed by atoms with Crippen molar-refractivity contribution >= 4 is 0 Å². The monoisotopic (exact) mass is 980 g/mol. The number of benzene rings is 2. The molecule has 12 nitrogen and oxygen atoms in total. The van der Waals surface area contributed by atoms with Crippen LogP contribution >= 0.6 is 0 Å². The van der Waals surface area contributed by atoms with E-state index in [1.807, 2.05) is 116 Å². The first-order valence-electron chi connectivity index (χ1n) is 18.5. The summed E-state index contributed by atoms with van der Waals surface area (Å²) >= 11 is 0. The van der Waals surface area contributed by atoms with Crippen LogP contribution in [0, 0.1) is 67.5 Å². The Bertz CT molecular complexity index is 2690. The summed E-state index contributed by atoms with van der Waals surface area (Å²) in [4.78, 5) is 17.5. The number of aromatic nitrogens is 8. The number of hydrogen-bond acceptors (Lipinski definition) is 10. The van der Waals surface area contributed by atoms with Crippen molar-refractivity contribution in [3.63, 3.8) is 0 Å². The van der Waals surface area contributed by atoms with E-state index in [1.165, 1.54) is 0 Å². The number of pyridine rings is 4. The molecule has 0 aliphatic carbocycles. The van der Waals surface area contributed by atoms with Gasteiger partial charge in [0.25, 0.3) is 0 Å². The fourth-order valence-corrected chi connectivity index (χ4v) is 5.89. The van der Waals surface area contributed by atoms with E-state index >= 15 is 0 Å². The predicted molar refractivity (Wildman–Crippen MR) is 219 cm³/mol. The number of hydrogen-bond donors (Lipinski definition) is 0. The second-order valence-electron chi connectivity index (χ2n) is 13.7. The van der Waals surface area contributed by atoms with E-state index in [1.54, 1.807) is 30.6 Å². The Hall–Kier alpha value is -6.02. The van der Waals surface area contributed by atoms with Crippen molar-refractivity contribution in [2.24, 2.45) is 0 Å². The molecule has 0 bridgehead atoms. The summed E-state index contributed by atoms with van der Waals surface area (Å²) in [7, 11) is 0. The fourth-order valence-electron chi connectivity index (χ4n) is 5.89. The average molecular weight is 982 g/mol. The zero-order valence-corrected chi connectivity index (χ0v) is 37.2. The van der Waals surface area contributed by atoms with Gasteiger partial charge in [0, 0.05) is 64.6 Å². The van der Waals surface area contributed by atoms with Gasteiger partial charge >= 0.3 is 40.8 Å². The van der Waals surface area contributed by atoms with Gasteiger partial charge in [-0.2, -0.15) is 16.6 Å². The predicted octanol–water partition coefficient (Wildman–Crippen LogP) is 10.2. The van der Waals surface area contributed by atoms with Crippen LogP contribution in [0.15, 0.2) is 97.3 Å².